The van der Waals surface area contributed by atoms with Crippen molar-refractivity contribution in [2.24, 2.45) is 17.8 Å². The maximum absolute atomic E-state index is 12.1. The van der Waals surface area contributed by atoms with Crippen LogP contribution in [0.5, 0.6) is 0 Å². The smallest absolute Gasteiger partial charge is 0.222 e. The second kappa shape index (κ2) is 8.27. The summed E-state index contributed by atoms with van der Waals surface area (Å²) in [6.45, 7) is 12.0. The molecular formula is C19H34N2O2. The van der Waals surface area contributed by atoms with E-state index in [1.165, 1.54) is 0 Å². The monoisotopic (exact) mass is 322 g/mol. The van der Waals surface area contributed by atoms with E-state index >= 15 is 0 Å². The minimum Gasteiger partial charge on any atom is -0.340 e. The predicted octanol–water partition coefficient (Wildman–Crippen LogP) is 2.96. The fourth-order valence-electron chi connectivity index (χ4n) is 4.01. The van der Waals surface area contributed by atoms with E-state index in [0.717, 1.165) is 51.9 Å². The maximum atomic E-state index is 12.1. The summed E-state index contributed by atoms with van der Waals surface area (Å²) in [5, 5.41) is 0. The van der Waals surface area contributed by atoms with Gasteiger partial charge in [0.2, 0.25) is 5.91 Å². The summed E-state index contributed by atoms with van der Waals surface area (Å²) >= 11 is 0. The van der Waals surface area contributed by atoms with Gasteiger partial charge in [0, 0.05) is 50.5 Å². The van der Waals surface area contributed by atoms with Crippen LogP contribution in [0, 0.1) is 17.8 Å². The molecule has 4 heteroatoms. The normalized spacial score (nSPS) is 26.8. The van der Waals surface area contributed by atoms with Gasteiger partial charge in [-0.2, -0.15) is 0 Å². The lowest BCUT2D eigenvalue weighted by Crippen LogP contribution is -2.53. The maximum Gasteiger partial charge on any atom is 0.222 e. The van der Waals surface area contributed by atoms with Gasteiger partial charge in [-0.25, -0.2) is 0 Å². The van der Waals surface area contributed by atoms with Crippen LogP contribution in [-0.4, -0.2) is 53.7 Å². The van der Waals surface area contributed by atoms with E-state index in [4.69, 9.17) is 0 Å². The average Bonchev–Trinajstić information content (AvgIpc) is 2.53. The summed E-state index contributed by atoms with van der Waals surface area (Å²) in [6.07, 6.45) is 5.05. The third kappa shape index (κ3) is 5.03. The van der Waals surface area contributed by atoms with Gasteiger partial charge < -0.3 is 4.90 Å². The summed E-state index contributed by atoms with van der Waals surface area (Å²) in [7, 11) is 0. The molecule has 0 unspecified atom stereocenters. The van der Waals surface area contributed by atoms with Crippen LogP contribution in [-0.2, 0) is 9.59 Å². The van der Waals surface area contributed by atoms with E-state index in [2.05, 4.69) is 18.7 Å². The van der Waals surface area contributed by atoms with Crippen molar-refractivity contribution in [2.75, 3.05) is 26.2 Å². The Balaban J connectivity index is 1.74. The third-order valence-electron chi connectivity index (χ3n) is 5.43. The Bertz CT molecular complexity index is 404. The molecule has 0 N–H and O–H groups in total. The molecule has 132 valence electrons. The molecule has 0 aromatic rings. The lowest BCUT2D eigenvalue weighted by atomic mass is 9.80. The van der Waals surface area contributed by atoms with Gasteiger partial charge in [-0.05, 0) is 31.6 Å². The van der Waals surface area contributed by atoms with Crippen LogP contribution in [0.2, 0.25) is 0 Å². The standard InChI is InChI=1S/C19H34N2O2/c1-14(2)13-18(22)21-11-9-20(10-12-21)17-7-5-16(6-8-17)19(23)15(3)4/h14-17H,5-13H2,1-4H3. The number of hydrogen-bond acceptors (Lipinski definition) is 3. The summed E-state index contributed by atoms with van der Waals surface area (Å²) in [6, 6.07) is 0.619. The van der Waals surface area contributed by atoms with E-state index in [0.29, 0.717) is 36.0 Å². The quantitative estimate of drug-likeness (QED) is 0.781. The van der Waals surface area contributed by atoms with Gasteiger partial charge in [-0.15, -0.1) is 0 Å². The molecule has 4 nitrogen and oxygen atoms in total. The number of amides is 1. The summed E-state index contributed by atoms with van der Waals surface area (Å²) < 4.78 is 0. The summed E-state index contributed by atoms with van der Waals surface area (Å²) in [5.41, 5.74) is 0. The molecule has 0 bridgehead atoms. The van der Waals surface area contributed by atoms with Gasteiger partial charge in [0.05, 0.1) is 0 Å². The molecule has 1 heterocycles. The molecule has 2 rings (SSSR count). The van der Waals surface area contributed by atoms with E-state index in [9.17, 15) is 9.59 Å². The predicted molar refractivity (Wildman–Crippen MR) is 93.2 cm³/mol. The number of carbonyl (C=O) groups excluding carboxylic acids is 2. The first-order valence-electron chi connectivity index (χ1n) is 9.44. The fraction of sp³-hybridized carbons (Fsp3) is 0.895. The van der Waals surface area contributed by atoms with Crippen molar-refractivity contribution >= 4 is 11.7 Å². The molecule has 23 heavy (non-hydrogen) atoms. The Morgan fingerprint density at radius 1 is 0.913 bits per heavy atom. The van der Waals surface area contributed by atoms with E-state index in [-0.39, 0.29) is 5.92 Å². The van der Waals surface area contributed by atoms with Gasteiger partial charge in [0.1, 0.15) is 5.78 Å². The molecule has 1 saturated heterocycles. The minimum atomic E-state index is 0.173. The SMILES string of the molecule is CC(C)CC(=O)N1CCN(C2CCC(C(=O)C(C)C)CC2)CC1. The average molecular weight is 322 g/mol. The number of ketones is 1. The van der Waals surface area contributed by atoms with E-state index in [1.54, 1.807) is 0 Å². The summed E-state index contributed by atoms with van der Waals surface area (Å²) in [4.78, 5) is 28.9. The number of piperazine rings is 1. The topological polar surface area (TPSA) is 40.6 Å². The molecule has 0 aromatic carbocycles. The molecule has 0 atom stereocenters. The number of Topliss-reactive ketones (excluding diaryl/α,β-unsaturated/α-hetero) is 1. The van der Waals surface area contributed by atoms with Crippen LogP contribution in [0.1, 0.15) is 59.8 Å². The van der Waals surface area contributed by atoms with Crippen LogP contribution in [0.15, 0.2) is 0 Å². The van der Waals surface area contributed by atoms with Crippen molar-refractivity contribution in [3.63, 3.8) is 0 Å². The highest BCUT2D eigenvalue weighted by atomic mass is 16.2. The number of rotatable bonds is 5. The Labute approximate surface area is 141 Å². The molecule has 0 spiro atoms. The van der Waals surface area contributed by atoms with Gasteiger partial charge in [-0.1, -0.05) is 27.7 Å². The zero-order chi connectivity index (χ0) is 17.0. The van der Waals surface area contributed by atoms with Crippen LogP contribution < -0.4 is 0 Å². The zero-order valence-corrected chi connectivity index (χ0v) is 15.4. The molecule has 1 amide bonds. The van der Waals surface area contributed by atoms with Crippen molar-refractivity contribution in [3.8, 4) is 0 Å². The van der Waals surface area contributed by atoms with Crippen LogP contribution in [0.4, 0.5) is 0 Å². The molecule has 2 aliphatic rings. The van der Waals surface area contributed by atoms with Crippen molar-refractivity contribution in [1.82, 2.24) is 9.80 Å². The van der Waals surface area contributed by atoms with E-state index in [1.807, 2.05) is 18.7 Å². The fourth-order valence-corrected chi connectivity index (χ4v) is 4.01. The first-order valence-corrected chi connectivity index (χ1v) is 9.44. The number of hydrogen-bond donors (Lipinski definition) is 0. The van der Waals surface area contributed by atoms with Crippen molar-refractivity contribution < 1.29 is 9.59 Å². The summed E-state index contributed by atoms with van der Waals surface area (Å²) in [5.74, 6) is 1.67. The van der Waals surface area contributed by atoms with Gasteiger partial charge >= 0.3 is 0 Å². The molecular weight excluding hydrogens is 288 g/mol. The van der Waals surface area contributed by atoms with Crippen LogP contribution >= 0.6 is 0 Å². The Morgan fingerprint density at radius 2 is 1.48 bits per heavy atom. The van der Waals surface area contributed by atoms with Gasteiger partial charge in [0.25, 0.3) is 0 Å². The first-order chi connectivity index (χ1) is 10.9. The molecule has 0 aromatic heterocycles. The molecule has 1 aliphatic carbocycles. The molecule has 1 aliphatic heterocycles. The van der Waals surface area contributed by atoms with Crippen molar-refractivity contribution in [1.29, 1.82) is 0 Å². The largest absolute Gasteiger partial charge is 0.340 e. The molecule has 0 radical (unpaired) electrons. The number of nitrogens with zero attached hydrogens (tertiary/aromatic N) is 2. The van der Waals surface area contributed by atoms with Crippen LogP contribution in [0.25, 0.3) is 0 Å². The third-order valence-corrected chi connectivity index (χ3v) is 5.43. The highest BCUT2D eigenvalue weighted by Gasteiger charge is 2.32. The lowest BCUT2D eigenvalue weighted by Gasteiger charge is -2.42. The van der Waals surface area contributed by atoms with E-state index < -0.39 is 0 Å². The number of carbonyl (C=O) groups is 2. The highest BCUT2D eigenvalue weighted by Crippen LogP contribution is 2.30. The zero-order valence-electron chi connectivity index (χ0n) is 15.4. The lowest BCUT2D eigenvalue weighted by molar-refractivity contribution is -0.134. The van der Waals surface area contributed by atoms with Gasteiger partial charge in [-0.3, -0.25) is 14.5 Å². The molecule has 1 saturated carbocycles. The first kappa shape index (κ1) is 18.4. The van der Waals surface area contributed by atoms with Crippen molar-refractivity contribution in [3.05, 3.63) is 0 Å². The Morgan fingerprint density at radius 3 is 1.96 bits per heavy atom. The molecule has 2 fully saturated rings. The van der Waals surface area contributed by atoms with Gasteiger partial charge in [0.15, 0.2) is 0 Å². The Hall–Kier alpha value is -0.900. The Kier molecular flexibility index (Phi) is 6.63. The second-order valence-electron chi connectivity index (χ2n) is 8.08. The highest BCUT2D eigenvalue weighted by molar-refractivity contribution is 5.82. The van der Waals surface area contributed by atoms with Crippen molar-refractivity contribution in [2.45, 2.75) is 65.8 Å². The van der Waals surface area contributed by atoms with Crippen LogP contribution in [0.3, 0.4) is 0 Å². The minimum absolute atomic E-state index is 0.173. The second-order valence-corrected chi connectivity index (χ2v) is 8.08.